The number of carbonyl (C=O) groups is 2. The van der Waals surface area contributed by atoms with Crippen LogP contribution in [0.15, 0.2) is 30.3 Å². The van der Waals surface area contributed by atoms with Crippen molar-refractivity contribution in [2.75, 3.05) is 53.4 Å². The maximum atomic E-state index is 9.98. The number of aryl methyl sites for hydroxylation is 1. The summed E-state index contributed by atoms with van der Waals surface area (Å²) in [5.41, 5.74) is 1.41. The van der Waals surface area contributed by atoms with Gasteiger partial charge >= 0.3 is 0 Å². The summed E-state index contributed by atoms with van der Waals surface area (Å²) >= 11 is 0. The van der Waals surface area contributed by atoms with E-state index in [1.165, 1.54) is 38.7 Å². The maximum Gasteiger partial charge on any atom is 0.207 e. The van der Waals surface area contributed by atoms with E-state index in [2.05, 4.69) is 72.4 Å². The first-order valence-corrected chi connectivity index (χ1v) is 12.3. The van der Waals surface area contributed by atoms with Gasteiger partial charge in [0.25, 0.3) is 0 Å². The summed E-state index contributed by atoms with van der Waals surface area (Å²) in [6, 6.07) is 10.5. The van der Waals surface area contributed by atoms with Crippen molar-refractivity contribution in [1.29, 1.82) is 0 Å². The molecule has 6 nitrogen and oxygen atoms in total. The Morgan fingerprint density at radius 2 is 1.44 bits per heavy atom. The van der Waals surface area contributed by atoms with E-state index in [1.807, 2.05) is 47.6 Å². The highest BCUT2D eigenvalue weighted by atomic mass is 16.1. The molecule has 2 rings (SSSR count). The Labute approximate surface area is 200 Å². The number of rotatable bonds is 6. The number of ketones is 1. The Bertz CT molecular complexity index is 476. The number of hydrazine groups is 1. The van der Waals surface area contributed by atoms with Crippen LogP contribution in [0.3, 0.4) is 0 Å². The average Bonchev–Trinajstić information content (AvgIpc) is 2.87. The Balaban J connectivity index is -0.000000168. The fourth-order valence-corrected chi connectivity index (χ4v) is 2.24. The minimum absolute atomic E-state index is 0.0351. The quantitative estimate of drug-likeness (QED) is 0.629. The molecule has 0 bridgehead atoms. The highest BCUT2D eigenvalue weighted by Gasteiger charge is 2.15. The molecule has 1 aromatic rings. The lowest BCUT2D eigenvalue weighted by Crippen LogP contribution is -2.51. The van der Waals surface area contributed by atoms with Crippen molar-refractivity contribution in [2.24, 2.45) is 0 Å². The number of nitrogens with zero attached hydrogens (tertiary/aromatic N) is 3. The molecule has 1 aliphatic rings. The van der Waals surface area contributed by atoms with Crippen molar-refractivity contribution in [3.8, 4) is 0 Å². The summed E-state index contributed by atoms with van der Waals surface area (Å²) in [5.74, 6) is -0.0351. The number of likely N-dealkylation sites (N-methyl/N-ethyl adjacent to an activating group) is 1. The molecule has 0 radical (unpaired) electrons. The SMILES string of the molecule is CC.CC.CC.CC(=O)CNC=O.CCN(C)N1CCN(C)CC1.CCc1ccccc1. The van der Waals surface area contributed by atoms with E-state index < -0.39 is 0 Å². The third-order valence-corrected chi connectivity index (χ3v) is 4.11. The van der Waals surface area contributed by atoms with Crippen LogP contribution < -0.4 is 5.32 Å². The average molecular weight is 455 g/mol. The monoisotopic (exact) mass is 454 g/mol. The van der Waals surface area contributed by atoms with Gasteiger partial charge in [-0.25, -0.2) is 10.0 Å². The van der Waals surface area contributed by atoms with Crippen molar-refractivity contribution in [3.63, 3.8) is 0 Å². The molecular weight excluding hydrogens is 400 g/mol. The summed E-state index contributed by atoms with van der Waals surface area (Å²) in [6.07, 6.45) is 1.64. The molecule has 1 saturated heterocycles. The molecule has 1 heterocycles. The lowest BCUT2D eigenvalue weighted by atomic mass is 10.2. The van der Waals surface area contributed by atoms with Gasteiger partial charge in [-0.3, -0.25) is 9.59 Å². The molecule has 32 heavy (non-hydrogen) atoms. The molecule has 0 aliphatic carbocycles. The van der Waals surface area contributed by atoms with Crippen LogP contribution in [0, 0.1) is 0 Å². The zero-order chi connectivity index (χ0) is 25.8. The van der Waals surface area contributed by atoms with Crippen LogP contribution in [0.5, 0.6) is 0 Å². The topological polar surface area (TPSA) is 55.9 Å². The molecule has 1 fully saturated rings. The summed E-state index contributed by atoms with van der Waals surface area (Å²) in [4.78, 5) is 21.8. The number of benzene rings is 1. The summed E-state index contributed by atoms with van der Waals surface area (Å²) in [7, 11) is 4.34. The van der Waals surface area contributed by atoms with Gasteiger partial charge in [0.2, 0.25) is 6.41 Å². The first kappa shape index (κ1) is 37.5. The first-order valence-electron chi connectivity index (χ1n) is 12.3. The van der Waals surface area contributed by atoms with Crippen LogP contribution in [-0.4, -0.2) is 80.5 Å². The van der Waals surface area contributed by atoms with E-state index in [4.69, 9.17) is 0 Å². The van der Waals surface area contributed by atoms with E-state index in [0.29, 0.717) is 6.41 Å². The zero-order valence-electron chi connectivity index (χ0n) is 23.1. The van der Waals surface area contributed by atoms with Gasteiger partial charge < -0.3 is 10.2 Å². The Morgan fingerprint density at radius 1 is 0.969 bits per heavy atom. The Morgan fingerprint density at radius 3 is 1.72 bits per heavy atom. The second kappa shape index (κ2) is 31.4. The Hall–Kier alpha value is -1.76. The molecule has 1 aromatic carbocycles. The predicted molar refractivity (Wildman–Crippen MR) is 142 cm³/mol. The van der Waals surface area contributed by atoms with Crippen molar-refractivity contribution in [2.45, 2.75) is 68.7 Å². The van der Waals surface area contributed by atoms with E-state index in [1.54, 1.807) is 0 Å². The number of amides is 1. The van der Waals surface area contributed by atoms with Gasteiger partial charge in [-0.05, 0) is 26.0 Å². The largest absolute Gasteiger partial charge is 0.352 e. The third-order valence-electron chi connectivity index (χ3n) is 4.11. The number of hydrogen-bond donors (Lipinski definition) is 1. The van der Waals surface area contributed by atoms with Crippen molar-refractivity contribution >= 4 is 12.2 Å². The highest BCUT2D eigenvalue weighted by molar-refractivity contribution is 5.79. The smallest absolute Gasteiger partial charge is 0.207 e. The van der Waals surface area contributed by atoms with Crippen molar-refractivity contribution < 1.29 is 9.59 Å². The maximum absolute atomic E-state index is 9.98. The number of nitrogens with one attached hydrogen (secondary N) is 1. The molecule has 1 amide bonds. The van der Waals surface area contributed by atoms with Crippen LogP contribution in [0.4, 0.5) is 0 Å². The van der Waals surface area contributed by atoms with Crippen LogP contribution >= 0.6 is 0 Å². The van der Waals surface area contributed by atoms with Gasteiger partial charge in [0, 0.05) is 39.8 Å². The van der Waals surface area contributed by atoms with Gasteiger partial charge in [0.15, 0.2) is 0 Å². The minimum atomic E-state index is -0.0351. The molecule has 0 atom stereocenters. The number of carbonyl (C=O) groups excluding carboxylic acids is 2. The molecule has 190 valence electrons. The minimum Gasteiger partial charge on any atom is -0.352 e. The predicted octanol–water partition coefficient (Wildman–Crippen LogP) is 4.75. The highest BCUT2D eigenvalue weighted by Crippen LogP contribution is 2.01. The van der Waals surface area contributed by atoms with Gasteiger partial charge in [-0.2, -0.15) is 0 Å². The summed E-state index contributed by atoms with van der Waals surface area (Å²) < 4.78 is 0. The lowest BCUT2D eigenvalue weighted by Gasteiger charge is -2.37. The number of Topliss-reactive ketones (excluding diaryl/α,β-unsaturated/α-hetero) is 1. The van der Waals surface area contributed by atoms with E-state index in [9.17, 15) is 9.59 Å². The third kappa shape index (κ3) is 26.3. The van der Waals surface area contributed by atoms with Crippen LogP contribution in [0.2, 0.25) is 0 Å². The van der Waals surface area contributed by atoms with Crippen molar-refractivity contribution in [1.82, 2.24) is 20.2 Å². The second-order valence-corrected chi connectivity index (χ2v) is 6.27. The first-order chi connectivity index (χ1) is 15.4. The van der Waals surface area contributed by atoms with Gasteiger partial charge in [0.1, 0.15) is 5.78 Å². The second-order valence-electron chi connectivity index (χ2n) is 6.27. The lowest BCUT2D eigenvalue weighted by molar-refractivity contribution is -0.118. The molecule has 1 N–H and O–H groups in total. The molecule has 0 unspecified atom stereocenters. The van der Waals surface area contributed by atoms with E-state index in [-0.39, 0.29) is 12.3 Å². The van der Waals surface area contributed by atoms with Crippen LogP contribution in [0.25, 0.3) is 0 Å². The van der Waals surface area contributed by atoms with Crippen molar-refractivity contribution in [3.05, 3.63) is 35.9 Å². The van der Waals surface area contributed by atoms with Crippen LogP contribution in [-0.2, 0) is 16.0 Å². The fourth-order valence-electron chi connectivity index (χ4n) is 2.24. The molecule has 1 aliphatic heterocycles. The van der Waals surface area contributed by atoms with Gasteiger partial charge in [-0.1, -0.05) is 85.7 Å². The summed E-state index contributed by atoms with van der Waals surface area (Å²) in [5, 5.41) is 6.93. The molecule has 0 aromatic heterocycles. The summed E-state index contributed by atoms with van der Waals surface area (Å²) in [6.45, 7) is 23.8. The Kier molecular flexibility index (Phi) is 36.9. The number of hydrogen-bond acceptors (Lipinski definition) is 5. The molecule has 6 heteroatoms. The van der Waals surface area contributed by atoms with Crippen LogP contribution in [0.1, 0.15) is 67.9 Å². The number of piperazine rings is 1. The van der Waals surface area contributed by atoms with Gasteiger partial charge in [0.05, 0.1) is 6.54 Å². The fraction of sp³-hybridized carbons (Fsp3) is 0.692. The molecular formula is C26H54N4O2. The molecule has 0 spiro atoms. The van der Waals surface area contributed by atoms with E-state index >= 15 is 0 Å². The zero-order valence-corrected chi connectivity index (χ0v) is 23.1. The van der Waals surface area contributed by atoms with E-state index in [0.717, 1.165) is 13.0 Å². The molecule has 0 saturated carbocycles. The standard InChI is InChI=1S/C8H19N3.C8H10.C4H7NO2.3C2H6/c1-4-10(3)11-7-5-9(2)6-8-11;1-2-8-6-4-3-5-7-8;1-4(7)2-5-3-6;3*1-2/h4-8H2,1-3H3;3-7H,2H2,1H3;3H,2H2,1H3,(H,5,6);3*1-2H3. The van der Waals surface area contributed by atoms with Gasteiger partial charge in [-0.15, -0.1) is 0 Å². The normalized spacial score (nSPS) is 12.4.